The maximum absolute atomic E-state index is 13.7. The number of hydrogen-bond acceptors (Lipinski definition) is 18. The fraction of sp³-hybridized carbons (Fsp3) is 0.436. The zero-order valence-electron chi connectivity index (χ0n) is 33.2. The Hall–Kier alpha value is -5.88. The van der Waals surface area contributed by atoms with Gasteiger partial charge >= 0.3 is 16.4 Å². The van der Waals surface area contributed by atoms with Gasteiger partial charge < -0.3 is 62.7 Å². The van der Waals surface area contributed by atoms with Crippen LogP contribution in [0, 0.1) is 0 Å². The molecule has 330 valence electrons. The summed E-state index contributed by atoms with van der Waals surface area (Å²) in [4.78, 5) is 46.8. The molecule has 0 unspecified atom stereocenters. The molecule has 5 heterocycles. The van der Waals surface area contributed by atoms with Gasteiger partial charge in [-0.3, -0.25) is 9.59 Å². The molecule has 0 saturated carbocycles. The molecule has 1 saturated heterocycles. The number of aliphatic hydroxyl groups is 5. The van der Waals surface area contributed by atoms with Gasteiger partial charge in [0.1, 0.15) is 36.8 Å². The number of fused-ring (bicyclic) bond motifs is 5. The Labute approximate surface area is 352 Å². The Bertz CT molecular complexity index is 2630. The highest BCUT2D eigenvalue weighted by atomic mass is 32.3. The molecule has 2 aromatic carbocycles. The minimum Gasteiger partial charge on any atom is -0.458 e. The first-order valence-electron chi connectivity index (χ1n) is 19.4. The van der Waals surface area contributed by atoms with E-state index in [-0.39, 0.29) is 68.3 Å². The average molecular weight is 883 g/mol. The lowest BCUT2D eigenvalue weighted by atomic mass is 9.86. The van der Waals surface area contributed by atoms with E-state index in [1.54, 1.807) is 13.0 Å². The van der Waals surface area contributed by atoms with Crippen LogP contribution in [-0.4, -0.2) is 119 Å². The van der Waals surface area contributed by atoms with Crippen molar-refractivity contribution >= 4 is 33.2 Å². The fourth-order valence-electron chi connectivity index (χ4n) is 7.53. The fourth-order valence-corrected chi connectivity index (χ4v) is 8.26. The number of pyridine rings is 2. The zero-order valence-corrected chi connectivity index (χ0v) is 34.0. The third-order valence-electron chi connectivity index (χ3n) is 10.7. The number of aryl methyl sites for hydroxylation is 1. The van der Waals surface area contributed by atoms with Crippen LogP contribution in [0.5, 0.6) is 17.2 Å². The summed E-state index contributed by atoms with van der Waals surface area (Å²) >= 11 is 0. The number of amides is 1. The second-order valence-electron chi connectivity index (χ2n) is 14.4. The second-order valence-corrected chi connectivity index (χ2v) is 15.6. The summed E-state index contributed by atoms with van der Waals surface area (Å²) in [5.74, 6) is -2.80. The van der Waals surface area contributed by atoms with E-state index in [9.17, 15) is 48.3 Å². The predicted octanol–water partition coefficient (Wildman–Crippen LogP) is 0.580. The van der Waals surface area contributed by atoms with Crippen molar-refractivity contribution in [3.8, 4) is 28.6 Å². The number of cyclic esters (lactones) is 1. The summed E-state index contributed by atoms with van der Waals surface area (Å²) in [5, 5.41) is 58.4. The normalized spacial score (nSPS) is 22.8. The molecule has 62 heavy (non-hydrogen) atoms. The lowest BCUT2D eigenvalue weighted by Crippen LogP contribution is -2.60. The number of aromatic nitrogens is 2. The van der Waals surface area contributed by atoms with Crippen molar-refractivity contribution in [2.75, 3.05) is 32.9 Å². The average Bonchev–Trinajstić information content (AvgIpc) is 3.62. The van der Waals surface area contributed by atoms with Gasteiger partial charge in [0, 0.05) is 40.1 Å². The molecule has 1 amide bonds. The van der Waals surface area contributed by atoms with Crippen LogP contribution in [-0.2, 0) is 54.6 Å². The number of nitrogens with zero attached hydrogens (tertiary/aromatic N) is 5. The third-order valence-corrected chi connectivity index (χ3v) is 11.5. The number of hydrogen-bond donors (Lipinski definition) is 6. The molecule has 6 N–H and O–H groups in total. The minimum absolute atomic E-state index is 0.0126. The van der Waals surface area contributed by atoms with E-state index >= 15 is 0 Å². The number of aliphatic hydroxyl groups excluding tert-OH is 4. The molecule has 7 rings (SSSR count). The van der Waals surface area contributed by atoms with E-state index in [1.165, 1.54) is 28.8 Å². The summed E-state index contributed by atoms with van der Waals surface area (Å²) in [6.45, 7) is 2.75. The van der Waals surface area contributed by atoms with Gasteiger partial charge in [0.25, 0.3) is 11.5 Å². The van der Waals surface area contributed by atoms with Gasteiger partial charge in [-0.15, -0.1) is 8.42 Å². The van der Waals surface area contributed by atoms with Crippen molar-refractivity contribution in [3.05, 3.63) is 91.1 Å². The summed E-state index contributed by atoms with van der Waals surface area (Å²) < 4.78 is 61.0. The predicted molar refractivity (Wildman–Crippen MR) is 212 cm³/mol. The monoisotopic (exact) mass is 882 g/mol. The van der Waals surface area contributed by atoms with E-state index < -0.39 is 82.2 Å². The van der Waals surface area contributed by atoms with E-state index in [2.05, 4.69) is 15.3 Å². The van der Waals surface area contributed by atoms with E-state index in [0.29, 0.717) is 39.8 Å². The molecule has 2 aromatic heterocycles. The van der Waals surface area contributed by atoms with Crippen LogP contribution in [0.1, 0.15) is 52.9 Å². The van der Waals surface area contributed by atoms with Gasteiger partial charge in [-0.1, -0.05) is 19.0 Å². The van der Waals surface area contributed by atoms with Crippen molar-refractivity contribution in [3.63, 3.8) is 0 Å². The number of ether oxygens (including phenoxy) is 4. The van der Waals surface area contributed by atoms with Gasteiger partial charge in [0.2, 0.25) is 6.29 Å². The first-order valence-corrected chi connectivity index (χ1v) is 20.7. The largest absolute Gasteiger partial charge is 0.501 e. The SMILES string of the molecule is CCc1c2c(nc3ccc(OS(=O)(=O)Oc4cc(C(=O)NCCOCCN=[N+]=[N-])ccc4O[C@@H]4O[C@H](CO)[C@H](O)[C@H](O)[C@H]4O)cc13)-c1cc3c(c(=O)n1C2)COC(=O)[C@]3(O)CC. The Kier molecular flexibility index (Phi) is 12.7. The third kappa shape index (κ3) is 8.36. The van der Waals surface area contributed by atoms with Gasteiger partial charge in [-0.25, -0.2) is 9.78 Å². The minimum atomic E-state index is -5.08. The maximum Gasteiger partial charge on any atom is 0.501 e. The van der Waals surface area contributed by atoms with Gasteiger partial charge in [0.05, 0.1) is 48.8 Å². The Morgan fingerprint density at radius 1 is 1.05 bits per heavy atom. The Balaban J connectivity index is 1.17. The molecule has 0 bridgehead atoms. The van der Waals surface area contributed by atoms with Crippen molar-refractivity contribution in [1.29, 1.82) is 0 Å². The Morgan fingerprint density at radius 3 is 2.56 bits per heavy atom. The van der Waals surface area contributed by atoms with Crippen molar-refractivity contribution in [1.82, 2.24) is 14.9 Å². The molecule has 23 heteroatoms. The van der Waals surface area contributed by atoms with E-state index in [0.717, 1.165) is 12.1 Å². The highest BCUT2D eigenvalue weighted by Gasteiger charge is 2.46. The quantitative estimate of drug-likeness (QED) is 0.0260. The number of azide groups is 1. The maximum atomic E-state index is 13.7. The summed E-state index contributed by atoms with van der Waals surface area (Å²) in [6.07, 6.45) is -8.18. The molecule has 3 aliphatic heterocycles. The molecule has 0 radical (unpaired) electrons. The van der Waals surface area contributed by atoms with Crippen LogP contribution in [0.25, 0.3) is 32.7 Å². The molecule has 1 fully saturated rings. The zero-order chi connectivity index (χ0) is 44.5. The number of carbonyl (C=O) groups excluding carboxylic acids is 2. The van der Waals surface area contributed by atoms with Crippen LogP contribution < -0.4 is 24.0 Å². The first-order chi connectivity index (χ1) is 29.6. The molecule has 4 aromatic rings. The standard InChI is InChI=1S/C39H42N6O16S/c1-3-21-22-14-20(6-7-26(22)43-31-23(21)16-45-27(31)15-25-24(36(45)51)18-57-38(52)39(25,53)4-2)60-62(54,55)61-29-13-19(35(50)41-9-11-56-12-10-42-44-40)5-8-28(29)58-37-34(49)33(48)32(47)30(17-46)59-37/h5-8,13-15,30,32-34,37,46-49,53H,3-4,9-12,16-18H2,1-2H3,(H,41,50)/t30-,32+,33+,34-,37-,39+/m1/s1. The van der Waals surface area contributed by atoms with Crippen molar-refractivity contribution in [2.45, 2.75) is 76.1 Å². The van der Waals surface area contributed by atoms with Gasteiger partial charge in [-0.2, -0.15) is 0 Å². The number of benzene rings is 2. The number of rotatable bonds is 16. The van der Waals surface area contributed by atoms with Crippen LogP contribution in [0.3, 0.4) is 0 Å². The molecule has 22 nitrogen and oxygen atoms in total. The van der Waals surface area contributed by atoms with Crippen LogP contribution in [0.4, 0.5) is 0 Å². The number of nitrogens with one attached hydrogen (secondary N) is 1. The smallest absolute Gasteiger partial charge is 0.458 e. The topological polar surface area (TPSA) is 320 Å². The van der Waals surface area contributed by atoms with E-state index in [4.69, 9.17) is 37.8 Å². The van der Waals surface area contributed by atoms with Crippen molar-refractivity contribution in [2.24, 2.45) is 5.11 Å². The van der Waals surface area contributed by atoms with Crippen LogP contribution >= 0.6 is 0 Å². The van der Waals surface area contributed by atoms with E-state index in [1.807, 2.05) is 6.92 Å². The summed E-state index contributed by atoms with van der Waals surface area (Å²) in [7, 11) is -5.08. The molecule has 0 aliphatic carbocycles. The molecule has 6 atom stereocenters. The molecule has 3 aliphatic rings. The summed E-state index contributed by atoms with van der Waals surface area (Å²) in [5.41, 5.74) is 8.74. The highest BCUT2D eigenvalue weighted by Crippen LogP contribution is 2.41. The molecular formula is C39H42N6O16S. The lowest BCUT2D eigenvalue weighted by molar-refractivity contribution is -0.277. The van der Waals surface area contributed by atoms with Gasteiger partial charge in [0.15, 0.2) is 17.1 Å². The van der Waals surface area contributed by atoms with Crippen LogP contribution in [0.15, 0.2) is 52.4 Å². The number of carbonyl (C=O) groups is 2. The summed E-state index contributed by atoms with van der Waals surface area (Å²) in [6, 6.07) is 9.18. The highest BCUT2D eigenvalue weighted by molar-refractivity contribution is 7.82. The lowest BCUT2D eigenvalue weighted by Gasteiger charge is -2.39. The Morgan fingerprint density at radius 2 is 1.84 bits per heavy atom. The van der Waals surface area contributed by atoms with Crippen LogP contribution in [0.2, 0.25) is 0 Å². The molecule has 0 spiro atoms. The van der Waals surface area contributed by atoms with Gasteiger partial charge in [-0.05, 0) is 66.4 Å². The van der Waals surface area contributed by atoms with Crippen molar-refractivity contribution < 1.29 is 70.9 Å². The molecular weight excluding hydrogens is 841 g/mol. The second kappa shape index (κ2) is 17.8. The first kappa shape index (κ1) is 44.2. The number of esters is 1.